The van der Waals surface area contributed by atoms with E-state index in [2.05, 4.69) is 10.6 Å². The van der Waals surface area contributed by atoms with Gasteiger partial charge >= 0.3 is 6.03 Å². The largest absolute Gasteiger partial charge is 0.338 e. The van der Waals surface area contributed by atoms with Crippen LogP contribution < -0.4 is 10.6 Å². The van der Waals surface area contributed by atoms with Crippen molar-refractivity contribution in [2.24, 2.45) is 0 Å². The van der Waals surface area contributed by atoms with Gasteiger partial charge in [-0.15, -0.1) is 0 Å². The summed E-state index contributed by atoms with van der Waals surface area (Å²) < 4.78 is 0. The van der Waals surface area contributed by atoms with Crippen LogP contribution in [-0.2, 0) is 4.79 Å². The molecule has 1 aromatic carbocycles. The fraction of sp³-hybridized carbons (Fsp3) is 0.500. The smallest absolute Gasteiger partial charge is 0.315 e. The first-order valence-corrected chi connectivity index (χ1v) is 7.39. The maximum Gasteiger partial charge on any atom is 0.315 e. The predicted molar refractivity (Wildman–Crippen MR) is 81.8 cm³/mol. The first kappa shape index (κ1) is 15.4. The number of benzene rings is 1. The van der Waals surface area contributed by atoms with Crippen LogP contribution in [0, 0.1) is 0 Å². The fourth-order valence-corrected chi connectivity index (χ4v) is 2.58. The molecule has 2 atom stereocenters. The van der Waals surface area contributed by atoms with Crippen molar-refractivity contribution in [3.05, 3.63) is 35.9 Å². The molecule has 1 aliphatic heterocycles. The van der Waals surface area contributed by atoms with Crippen LogP contribution in [0.5, 0.6) is 0 Å². The van der Waals surface area contributed by atoms with Gasteiger partial charge in [0.2, 0.25) is 5.91 Å². The maximum atomic E-state index is 12.0. The Balaban J connectivity index is 1.84. The molecule has 2 N–H and O–H groups in total. The second-order valence-corrected chi connectivity index (χ2v) is 5.79. The quantitative estimate of drug-likeness (QED) is 0.891. The summed E-state index contributed by atoms with van der Waals surface area (Å²) in [6.45, 7) is 6.49. The average molecular weight is 289 g/mol. The number of rotatable bonds is 4. The molecule has 0 saturated carbocycles. The number of likely N-dealkylation sites (tertiary alicyclic amines) is 1. The van der Waals surface area contributed by atoms with Crippen LogP contribution in [0.4, 0.5) is 4.79 Å². The number of urea groups is 1. The molecule has 114 valence electrons. The Hall–Kier alpha value is -2.04. The molecule has 0 radical (unpaired) electrons. The van der Waals surface area contributed by atoms with E-state index >= 15 is 0 Å². The summed E-state index contributed by atoms with van der Waals surface area (Å²) >= 11 is 0. The Kier molecular flexibility index (Phi) is 4.83. The molecule has 3 amide bonds. The highest BCUT2D eigenvalue weighted by Crippen LogP contribution is 2.15. The summed E-state index contributed by atoms with van der Waals surface area (Å²) in [5.41, 5.74) is 1.05. The van der Waals surface area contributed by atoms with E-state index in [0.717, 1.165) is 5.56 Å². The van der Waals surface area contributed by atoms with Gasteiger partial charge in [-0.25, -0.2) is 4.79 Å². The molecule has 5 nitrogen and oxygen atoms in total. The lowest BCUT2D eigenvalue weighted by molar-refractivity contribution is -0.129. The molecule has 2 unspecified atom stereocenters. The van der Waals surface area contributed by atoms with Gasteiger partial charge in [-0.2, -0.15) is 0 Å². The third-order valence-electron chi connectivity index (χ3n) is 3.76. The minimum absolute atomic E-state index is 0.0653. The highest BCUT2D eigenvalue weighted by molar-refractivity contribution is 5.82. The van der Waals surface area contributed by atoms with Gasteiger partial charge in [0, 0.05) is 19.0 Å². The van der Waals surface area contributed by atoms with Crippen LogP contribution in [0.3, 0.4) is 0 Å². The zero-order chi connectivity index (χ0) is 15.4. The van der Waals surface area contributed by atoms with E-state index in [4.69, 9.17) is 0 Å². The van der Waals surface area contributed by atoms with Gasteiger partial charge in [-0.3, -0.25) is 4.79 Å². The number of hydrogen-bond donors (Lipinski definition) is 2. The second-order valence-electron chi connectivity index (χ2n) is 5.79. The third-order valence-corrected chi connectivity index (χ3v) is 3.76. The zero-order valence-electron chi connectivity index (χ0n) is 12.8. The summed E-state index contributed by atoms with van der Waals surface area (Å²) in [4.78, 5) is 25.6. The molecule has 1 heterocycles. The number of nitrogens with zero attached hydrogens (tertiary/aromatic N) is 1. The van der Waals surface area contributed by atoms with Crippen molar-refractivity contribution < 1.29 is 9.59 Å². The van der Waals surface area contributed by atoms with E-state index in [-0.39, 0.29) is 30.1 Å². The van der Waals surface area contributed by atoms with Crippen LogP contribution in [0.2, 0.25) is 0 Å². The minimum atomic E-state index is -0.227. The van der Waals surface area contributed by atoms with Crippen molar-refractivity contribution in [1.29, 1.82) is 0 Å². The van der Waals surface area contributed by atoms with E-state index in [1.165, 1.54) is 0 Å². The van der Waals surface area contributed by atoms with E-state index in [9.17, 15) is 9.59 Å². The first-order valence-electron chi connectivity index (χ1n) is 7.39. The molecule has 0 aliphatic carbocycles. The van der Waals surface area contributed by atoms with E-state index in [0.29, 0.717) is 13.0 Å². The van der Waals surface area contributed by atoms with Crippen LogP contribution in [0.1, 0.15) is 38.8 Å². The van der Waals surface area contributed by atoms with Crippen molar-refractivity contribution in [3.8, 4) is 0 Å². The molecule has 1 saturated heterocycles. The maximum absolute atomic E-state index is 12.0. The lowest BCUT2D eigenvalue weighted by Gasteiger charge is -2.21. The van der Waals surface area contributed by atoms with Gasteiger partial charge in [0.05, 0.1) is 12.1 Å². The minimum Gasteiger partial charge on any atom is -0.338 e. The van der Waals surface area contributed by atoms with E-state index in [1.54, 1.807) is 4.90 Å². The molecule has 0 bridgehead atoms. The summed E-state index contributed by atoms with van der Waals surface area (Å²) in [6.07, 6.45) is 0.380. The van der Waals surface area contributed by atoms with E-state index < -0.39 is 0 Å². The first-order chi connectivity index (χ1) is 9.97. The number of carbonyl (C=O) groups excluding carboxylic acids is 2. The lowest BCUT2D eigenvalue weighted by atomic mass is 10.1. The fourth-order valence-electron chi connectivity index (χ4n) is 2.58. The Labute approximate surface area is 125 Å². The second kappa shape index (κ2) is 6.61. The molecule has 1 fully saturated rings. The van der Waals surface area contributed by atoms with Crippen molar-refractivity contribution in [2.45, 2.75) is 45.3 Å². The van der Waals surface area contributed by atoms with Gasteiger partial charge in [0.15, 0.2) is 0 Å². The molecular formula is C16H23N3O2. The van der Waals surface area contributed by atoms with Crippen molar-refractivity contribution >= 4 is 11.9 Å². The number of carbonyl (C=O) groups is 2. The van der Waals surface area contributed by atoms with Crippen molar-refractivity contribution in [3.63, 3.8) is 0 Å². The number of nitrogens with one attached hydrogen (secondary N) is 2. The van der Waals surface area contributed by atoms with Crippen LogP contribution in [0.25, 0.3) is 0 Å². The standard InChI is InChI=1S/C16H23N3O2/c1-11(2)19-10-14(9-15(19)20)18-16(21)17-12(3)13-7-5-4-6-8-13/h4-8,11-12,14H,9-10H2,1-3H3,(H2,17,18,21). The summed E-state index contributed by atoms with van der Waals surface area (Å²) in [6, 6.07) is 9.57. The molecule has 5 heteroatoms. The molecule has 0 spiro atoms. The SMILES string of the molecule is CC(NC(=O)NC1CC(=O)N(C(C)C)C1)c1ccccc1. The molecule has 0 aromatic heterocycles. The molecule has 1 aliphatic rings. The monoisotopic (exact) mass is 289 g/mol. The van der Waals surface area contributed by atoms with Crippen molar-refractivity contribution in [1.82, 2.24) is 15.5 Å². The summed E-state index contributed by atoms with van der Waals surface area (Å²) in [7, 11) is 0. The normalized spacial score (nSPS) is 19.7. The summed E-state index contributed by atoms with van der Waals surface area (Å²) in [5.74, 6) is 0.103. The van der Waals surface area contributed by atoms with Crippen molar-refractivity contribution in [2.75, 3.05) is 6.54 Å². The van der Waals surface area contributed by atoms with Crippen LogP contribution >= 0.6 is 0 Å². The molecule has 2 rings (SSSR count). The van der Waals surface area contributed by atoms with E-state index in [1.807, 2.05) is 51.1 Å². The molecule has 21 heavy (non-hydrogen) atoms. The number of amides is 3. The highest BCUT2D eigenvalue weighted by Gasteiger charge is 2.32. The number of hydrogen-bond acceptors (Lipinski definition) is 2. The molecular weight excluding hydrogens is 266 g/mol. The van der Waals surface area contributed by atoms with Gasteiger partial charge < -0.3 is 15.5 Å². The lowest BCUT2D eigenvalue weighted by Crippen LogP contribution is -2.44. The Bertz CT molecular complexity index is 502. The summed E-state index contributed by atoms with van der Waals surface area (Å²) in [5, 5.41) is 5.78. The zero-order valence-corrected chi connectivity index (χ0v) is 12.8. The van der Waals surface area contributed by atoms with Gasteiger partial charge in [0.25, 0.3) is 0 Å². The highest BCUT2D eigenvalue weighted by atomic mass is 16.2. The predicted octanol–water partition coefficient (Wildman–Crippen LogP) is 2.06. The molecule has 1 aromatic rings. The van der Waals surface area contributed by atoms with Crippen LogP contribution in [0.15, 0.2) is 30.3 Å². The van der Waals surface area contributed by atoms with Gasteiger partial charge in [0.1, 0.15) is 0 Å². The average Bonchev–Trinajstić information content (AvgIpc) is 2.80. The Morgan fingerprint density at radius 2 is 1.90 bits per heavy atom. The Morgan fingerprint density at radius 3 is 2.48 bits per heavy atom. The topological polar surface area (TPSA) is 61.4 Å². The van der Waals surface area contributed by atoms with Gasteiger partial charge in [-0.05, 0) is 26.3 Å². The van der Waals surface area contributed by atoms with Crippen LogP contribution in [-0.4, -0.2) is 35.5 Å². The third kappa shape index (κ3) is 3.97. The Morgan fingerprint density at radius 1 is 1.24 bits per heavy atom. The van der Waals surface area contributed by atoms with Gasteiger partial charge in [-0.1, -0.05) is 30.3 Å².